The van der Waals surface area contributed by atoms with E-state index in [1.807, 2.05) is 0 Å². The molecule has 0 saturated heterocycles. The molecule has 0 spiro atoms. The summed E-state index contributed by atoms with van der Waals surface area (Å²) in [5.41, 5.74) is -1.48. The Morgan fingerprint density at radius 1 is 1.04 bits per heavy atom. The average Bonchev–Trinajstić information content (AvgIpc) is 2.40. The fraction of sp³-hybridized carbons (Fsp3) is 0.706. The maximum Gasteiger partial charge on any atom is 0.408 e. The van der Waals surface area contributed by atoms with Gasteiger partial charge in [0, 0.05) is 19.7 Å². The van der Waals surface area contributed by atoms with E-state index in [-0.39, 0.29) is 12.2 Å². The second-order valence-electron chi connectivity index (χ2n) is 7.45. The summed E-state index contributed by atoms with van der Waals surface area (Å²) in [6.45, 7) is 10.2. The lowest BCUT2D eigenvalue weighted by atomic mass is 10.1. The van der Waals surface area contributed by atoms with E-state index >= 15 is 0 Å². The Kier molecular flexibility index (Phi) is 8.62. The van der Waals surface area contributed by atoms with Gasteiger partial charge in [0.25, 0.3) is 0 Å². The number of carbonyl (C=O) groups is 3. The van der Waals surface area contributed by atoms with Gasteiger partial charge in [0.2, 0.25) is 0 Å². The number of nitrogens with one attached hydrogen (secondary N) is 1. The van der Waals surface area contributed by atoms with Crippen LogP contribution in [0.4, 0.5) is 4.79 Å². The van der Waals surface area contributed by atoms with Crippen molar-refractivity contribution in [1.82, 2.24) is 10.4 Å². The van der Waals surface area contributed by atoms with Gasteiger partial charge in [0.1, 0.15) is 17.2 Å². The number of rotatable bonds is 7. The number of hydroxylamine groups is 2. The fourth-order valence-corrected chi connectivity index (χ4v) is 1.53. The number of ether oxygens (including phenoxy) is 2. The molecule has 1 N–H and O–H groups in total. The normalized spacial score (nSPS) is 13.3. The Hall–Kier alpha value is -2.09. The summed E-state index contributed by atoms with van der Waals surface area (Å²) in [5, 5.41) is 3.71. The molecule has 1 amide bonds. The zero-order valence-electron chi connectivity index (χ0n) is 16.3. The van der Waals surface area contributed by atoms with Crippen LogP contribution in [0.1, 0.15) is 48.0 Å². The highest BCUT2D eigenvalue weighted by Crippen LogP contribution is 2.12. The van der Waals surface area contributed by atoms with Crippen LogP contribution < -0.4 is 5.32 Å². The number of amides is 1. The van der Waals surface area contributed by atoms with Crippen molar-refractivity contribution in [2.45, 2.75) is 65.2 Å². The molecular formula is C17H30N2O6. The largest absolute Gasteiger partial charge is 0.458 e. The quantitative estimate of drug-likeness (QED) is 0.423. The molecule has 8 nitrogen and oxygen atoms in total. The molecular weight excluding hydrogens is 328 g/mol. The van der Waals surface area contributed by atoms with Crippen LogP contribution >= 0.6 is 0 Å². The van der Waals surface area contributed by atoms with Crippen LogP contribution in [-0.4, -0.2) is 54.3 Å². The SMILES string of the molecule is CON(C)C=CC(=O)CC(NC(=O)OC(C)(C)C)C(=O)OC(C)(C)C. The van der Waals surface area contributed by atoms with Crippen LogP contribution in [0.15, 0.2) is 12.3 Å². The van der Waals surface area contributed by atoms with E-state index in [9.17, 15) is 14.4 Å². The van der Waals surface area contributed by atoms with Gasteiger partial charge in [-0.05, 0) is 47.6 Å². The molecule has 0 aliphatic carbocycles. The van der Waals surface area contributed by atoms with E-state index in [2.05, 4.69) is 5.32 Å². The fourth-order valence-electron chi connectivity index (χ4n) is 1.53. The van der Waals surface area contributed by atoms with E-state index < -0.39 is 29.3 Å². The molecule has 1 atom stereocenters. The first-order chi connectivity index (χ1) is 11.2. The van der Waals surface area contributed by atoms with E-state index in [0.717, 1.165) is 0 Å². The Balaban J connectivity index is 5.07. The Labute approximate surface area is 149 Å². The van der Waals surface area contributed by atoms with Crippen LogP contribution in [0.25, 0.3) is 0 Å². The maximum atomic E-state index is 12.3. The van der Waals surface area contributed by atoms with Crippen molar-refractivity contribution in [3.8, 4) is 0 Å². The van der Waals surface area contributed by atoms with Crippen LogP contribution in [0, 0.1) is 0 Å². The molecule has 0 rings (SSSR count). The molecule has 0 aromatic heterocycles. The molecule has 144 valence electrons. The minimum absolute atomic E-state index is 0.262. The molecule has 0 bridgehead atoms. The van der Waals surface area contributed by atoms with E-state index in [0.29, 0.717) is 0 Å². The van der Waals surface area contributed by atoms with Crippen molar-refractivity contribution in [2.75, 3.05) is 14.2 Å². The summed E-state index contributed by atoms with van der Waals surface area (Å²) in [4.78, 5) is 41.1. The predicted octanol–water partition coefficient (Wildman–Crippen LogP) is 2.19. The van der Waals surface area contributed by atoms with Crippen LogP contribution in [0.3, 0.4) is 0 Å². The highest BCUT2D eigenvalue weighted by Gasteiger charge is 2.30. The summed E-state index contributed by atoms with van der Waals surface area (Å²) in [6, 6.07) is -1.15. The molecule has 25 heavy (non-hydrogen) atoms. The summed E-state index contributed by atoms with van der Waals surface area (Å²) in [7, 11) is 3.05. The van der Waals surface area contributed by atoms with Crippen molar-refractivity contribution in [3.63, 3.8) is 0 Å². The molecule has 0 aliphatic rings. The van der Waals surface area contributed by atoms with E-state index in [1.54, 1.807) is 48.6 Å². The average molecular weight is 358 g/mol. The van der Waals surface area contributed by atoms with Gasteiger partial charge in [0.05, 0.1) is 7.11 Å². The summed E-state index contributed by atoms with van der Waals surface area (Å²) in [6.07, 6.45) is 1.59. The van der Waals surface area contributed by atoms with Gasteiger partial charge >= 0.3 is 12.1 Å². The number of esters is 1. The minimum Gasteiger partial charge on any atom is -0.458 e. The standard InChI is InChI=1S/C17H30N2O6/c1-16(2,3)24-14(21)13(18-15(22)25-17(4,5)6)11-12(20)9-10-19(7)23-8/h9-10,13H,11H2,1-8H3,(H,18,22). The number of allylic oxidation sites excluding steroid dienone is 1. The number of nitrogens with zero attached hydrogens (tertiary/aromatic N) is 1. The van der Waals surface area contributed by atoms with Crippen LogP contribution in [0.5, 0.6) is 0 Å². The van der Waals surface area contributed by atoms with Crippen molar-refractivity contribution < 1.29 is 28.7 Å². The van der Waals surface area contributed by atoms with Gasteiger partial charge in [-0.15, -0.1) is 0 Å². The van der Waals surface area contributed by atoms with Gasteiger partial charge in [-0.3, -0.25) is 14.7 Å². The third kappa shape index (κ3) is 12.0. The third-order valence-corrected chi connectivity index (χ3v) is 2.55. The van der Waals surface area contributed by atoms with Gasteiger partial charge in [0.15, 0.2) is 5.78 Å². The monoisotopic (exact) mass is 358 g/mol. The number of ketones is 1. The molecule has 0 radical (unpaired) electrons. The number of hydrogen-bond donors (Lipinski definition) is 1. The second kappa shape index (κ2) is 9.41. The maximum absolute atomic E-state index is 12.3. The lowest BCUT2D eigenvalue weighted by molar-refractivity contribution is -0.158. The molecule has 0 aromatic rings. The van der Waals surface area contributed by atoms with Gasteiger partial charge in [-0.1, -0.05) is 0 Å². The molecule has 0 fully saturated rings. The van der Waals surface area contributed by atoms with Crippen molar-refractivity contribution in [3.05, 3.63) is 12.3 Å². The van der Waals surface area contributed by atoms with Crippen molar-refractivity contribution >= 4 is 17.8 Å². The van der Waals surface area contributed by atoms with Gasteiger partial charge in [-0.2, -0.15) is 0 Å². The van der Waals surface area contributed by atoms with Crippen LogP contribution in [0.2, 0.25) is 0 Å². The number of hydrogen-bond acceptors (Lipinski definition) is 7. The Morgan fingerprint density at radius 2 is 1.56 bits per heavy atom. The first kappa shape index (κ1) is 22.9. The number of alkyl carbamates (subject to hydrolysis) is 1. The topological polar surface area (TPSA) is 94.2 Å². The van der Waals surface area contributed by atoms with Crippen LogP contribution in [-0.2, 0) is 23.9 Å². The first-order valence-corrected chi connectivity index (χ1v) is 7.94. The summed E-state index contributed by atoms with van der Waals surface area (Å²) in [5.74, 6) is -1.09. The van der Waals surface area contributed by atoms with Crippen molar-refractivity contribution in [1.29, 1.82) is 0 Å². The summed E-state index contributed by atoms with van der Waals surface area (Å²) >= 11 is 0. The lowest BCUT2D eigenvalue weighted by Crippen LogP contribution is -2.46. The first-order valence-electron chi connectivity index (χ1n) is 7.94. The Morgan fingerprint density at radius 3 is 2.00 bits per heavy atom. The zero-order chi connectivity index (χ0) is 19.8. The van der Waals surface area contributed by atoms with Gasteiger partial charge < -0.3 is 14.8 Å². The Bertz CT molecular complexity index is 502. The van der Waals surface area contributed by atoms with Gasteiger partial charge in [-0.25, -0.2) is 9.59 Å². The molecule has 8 heteroatoms. The highest BCUT2D eigenvalue weighted by atomic mass is 16.7. The third-order valence-electron chi connectivity index (χ3n) is 2.55. The number of carbonyl (C=O) groups excluding carboxylic acids is 3. The minimum atomic E-state index is -1.15. The lowest BCUT2D eigenvalue weighted by Gasteiger charge is -2.25. The second-order valence-corrected chi connectivity index (χ2v) is 7.45. The molecule has 0 aliphatic heterocycles. The van der Waals surface area contributed by atoms with E-state index in [1.165, 1.54) is 24.4 Å². The molecule has 1 unspecified atom stereocenters. The zero-order valence-corrected chi connectivity index (χ0v) is 16.3. The van der Waals surface area contributed by atoms with E-state index in [4.69, 9.17) is 14.3 Å². The molecule has 0 saturated carbocycles. The molecule has 0 aromatic carbocycles. The smallest absolute Gasteiger partial charge is 0.408 e. The molecule has 0 heterocycles. The van der Waals surface area contributed by atoms with Crippen molar-refractivity contribution in [2.24, 2.45) is 0 Å². The predicted molar refractivity (Wildman–Crippen MR) is 92.5 cm³/mol. The highest BCUT2D eigenvalue weighted by molar-refractivity contribution is 5.94. The summed E-state index contributed by atoms with van der Waals surface area (Å²) < 4.78 is 10.4.